The van der Waals surface area contributed by atoms with Crippen LogP contribution in [0.4, 0.5) is 10.8 Å². The maximum Gasteiger partial charge on any atom is 0.257 e. The maximum atomic E-state index is 12.5. The van der Waals surface area contributed by atoms with Gasteiger partial charge in [0, 0.05) is 22.7 Å². The minimum absolute atomic E-state index is 0.119. The largest absolute Gasteiger partial charge is 0.497 e. The number of carbonyl (C=O) groups is 2. The molecule has 0 saturated heterocycles. The number of nitrogens with zero attached hydrogens (tertiary/aromatic N) is 1. The molecule has 3 rings (SSSR count). The molecule has 1 aromatic heterocycles. The Bertz CT molecular complexity index is 1010. The van der Waals surface area contributed by atoms with Crippen molar-refractivity contribution in [2.45, 2.75) is 13.3 Å². The molecule has 0 radical (unpaired) electrons. The predicted octanol–water partition coefficient (Wildman–Crippen LogP) is 3.90. The van der Waals surface area contributed by atoms with E-state index in [0.717, 1.165) is 11.3 Å². The van der Waals surface area contributed by atoms with Gasteiger partial charge in [0.15, 0.2) is 5.13 Å². The SMILES string of the molecule is COc1cc(OC)cc(C(=O)Nc2nc(CC(=O)Nc3ccccc3C)cs2)c1. The van der Waals surface area contributed by atoms with E-state index < -0.39 is 0 Å². The number of hydrogen-bond acceptors (Lipinski definition) is 6. The Morgan fingerprint density at radius 2 is 1.72 bits per heavy atom. The highest BCUT2D eigenvalue weighted by atomic mass is 32.1. The first kappa shape index (κ1) is 20.3. The van der Waals surface area contributed by atoms with Gasteiger partial charge in [-0.25, -0.2) is 4.98 Å². The fourth-order valence-corrected chi connectivity index (χ4v) is 3.33. The lowest BCUT2D eigenvalue weighted by Crippen LogP contribution is -2.15. The number of para-hydroxylation sites is 1. The summed E-state index contributed by atoms with van der Waals surface area (Å²) in [5, 5.41) is 7.77. The third-order valence-electron chi connectivity index (χ3n) is 4.15. The standard InChI is InChI=1S/C21H21N3O4S/c1-13-6-4-5-7-18(13)23-19(25)10-15-12-29-21(22-15)24-20(26)14-8-16(27-2)11-17(9-14)28-3/h4-9,11-12H,10H2,1-3H3,(H,23,25)(H,22,24,26). The quantitative estimate of drug-likeness (QED) is 0.615. The fraction of sp³-hybridized carbons (Fsp3) is 0.190. The Hall–Kier alpha value is -3.39. The van der Waals surface area contributed by atoms with Gasteiger partial charge in [-0.15, -0.1) is 11.3 Å². The van der Waals surface area contributed by atoms with E-state index >= 15 is 0 Å². The van der Waals surface area contributed by atoms with Crippen LogP contribution in [0.25, 0.3) is 0 Å². The third kappa shape index (κ3) is 5.32. The van der Waals surface area contributed by atoms with Crippen molar-refractivity contribution in [3.8, 4) is 11.5 Å². The number of carbonyl (C=O) groups excluding carboxylic acids is 2. The van der Waals surface area contributed by atoms with Crippen molar-refractivity contribution in [2.24, 2.45) is 0 Å². The van der Waals surface area contributed by atoms with Gasteiger partial charge in [0.25, 0.3) is 5.91 Å². The molecule has 0 atom stereocenters. The average molecular weight is 411 g/mol. The highest BCUT2D eigenvalue weighted by Gasteiger charge is 2.14. The van der Waals surface area contributed by atoms with Gasteiger partial charge in [0.05, 0.1) is 26.3 Å². The molecule has 3 aromatic rings. The van der Waals surface area contributed by atoms with Crippen molar-refractivity contribution in [3.05, 3.63) is 64.7 Å². The zero-order chi connectivity index (χ0) is 20.8. The zero-order valence-corrected chi connectivity index (χ0v) is 17.1. The van der Waals surface area contributed by atoms with E-state index in [4.69, 9.17) is 9.47 Å². The molecule has 2 aromatic carbocycles. The summed E-state index contributed by atoms with van der Waals surface area (Å²) in [6, 6.07) is 12.5. The highest BCUT2D eigenvalue weighted by molar-refractivity contribution is 7.14. The van der Waals surface area contributed by atoms with E-state index in [9.17, 15) is 9.59 Å². The number of anilines is 2. The van der Waals surface area contributed by atoms with Gasteiger partial charge in [0.1, 0.15) is 11.5 Å². The number of rotatable bonds is 7. The molecule has 29 heavy (non-hydrogen) atoms. The zero-order valence-electron chi connectivity index (χ0n) is 16.3. The normalized spacial score (nSPS) is 10.3. The summed E-state index contributed by atoms with van der Waals surface area (Å²) >= 11 is 1.26. The molecule has 150 valence electrons. The van der Waals surface area contributed by atoms with E-state index in [1.54, 1.807) is 23.6 Å². The number of benzene rings is 2. The van der Waals surface area contributed by atoms with Gasteiger partial charge in [-0.1, -0.05) is 18.2 Å². The van der Waals surface area contributed by atoms with Crippen LogP contribution in [0.3, 0.4) is 0 Å². The summed E-state index contributed by atoms with van der Waals surface area (Å²) in [7, 11) is 3.04. The first-order valence-electron chi connectivity index (χ1n) is 8.83. The summed E-state index contributed by atoms with van der Waals surface area (Å²) in [6.07, 6.45) is 0.119. The van der Waals surface area contributed by atoms with E-state index in [1.165, 1.54) is 25.6 Å². The Morgan fingerprint density at radius 3 is 2.38 bits per heavy atom. The van der Waals surface area contributed by atoms with E-state index in [0.29, 0.717) is 27.9 Å². The van der Waals surface area contributed by atoms with E-state index in [-0.39, 0.29) is 18.2 Å². The number of hydrogen-bond donors (Lipinski definition) is 2. The lowest BCUT2D eigenvalue weighted by molar-refractivity contribution is -0.115. The third-order valence-corrected chi connectivity index (χ3v) is 4.95. The fourth-order valence-electron chi connectivity index (χ4n) is 2.63. The molecule has 0 saturated carbocycles. The van der Waals surface area contributed by atoms with E-state index in [2.05, 4.69) is 15.6 Å². The number of aromatic nitrogens is 1. The molecule has 0 aliphatic heterocycles. The first-order chi connectivity index (χ1) is 14.0. The lowest BCUT2D eigenvalue weighted by Gasteiger charge is -2.08. The van der Waals surface area contributed by atoms with Crippen LogP contribution in [0.5, 0.6) is 11.5 Å². The molecule has 8 heteroatoms. The smallest absolute Gasteiger partial charge is 0.257 e. The number of methoxy groups -OCH3 is 2. The highest BCUT2D eigenvalue weighted by Crippen LogP contribution is 2.24. The van der Waals surface area contributed by atoms with Crippen LogP contribution < -0.4 is 20.1 Å². The molecule has 0 aliphatic carbocycles. The van der Waals surface area contributed by atoms with Gasteiger partial charge in [0.2, 0.25) is 5.91 Å². The number of nitrogens with one attached hydrogen (secondary N) is 2. The monoisotopic (exact) mass is 411 g/mol. The van der Waals surface area contributed by atoms with Crippen LogP contribution in [0.1, 0.15) is 21.6 Å². The second kappa shape index (κ2) is 9.20. The summed E-state index contributed by atoms with van der Waals surface area (Å²) in [6.45, 7) is 1.93. The molecule has 2 N–H and O–H groups in total. The summed E-state index contributed by atoms with van der Waals surface area (Å²) in [4.78, 5) is 29.1. The average Bonchev–Trinajstić information content (AvgIpc) is 3.15. The van der Waals surface area contributed by atoms with Crippen molar-refractivity contribution in [2.75, 3.05) is 24.9 Å². The van der Waals surface area contributed by atoms with Gasteiger partial charge in [-0.2, -0.15) is 0 Å². The summed E-state index contributed by atoms with van der Waals surface area (Å²) in [5.74, 6) is 0.525. The van der Waals surface area contributed by atoms with Crippen molar-refractivity contribution in [1.29, 1.82) is 0 Å². The molecular weight excluding hydrogens is 390 g/mol. The lowest BCUT2D eigenvalue weighted by atomic mass is 10.2. The molecule has 1 heterocycles. The first-order valence-corrected chi connectivity index (χ1v) is 9.70. The van der Waals surface area contributed by atoms with Crippen LogP contribution in [-0.4, -0.2) is 31.0 Å². The number of amides is 2. The van der Waals surface area contributed by atoms with Crippen molar-refractivity contribution in [1.82, 2.24) is 4.98 Å². The van der Waals surface area contributed by atoms with Crippen LogP contribution in [0.2, 0.25) is 0 Å². The molecule has 7 nitrogen and oxygen atoms in total. The van der Waals surface area contributed by atoms with Gasteiger partial charge in [-0.3, -0.25) is 14.9 Å². The van der Waals surface area contributed by atoms with Crippen molar-refractivity contribution >= 4 is 34.0 Å². The molecule has 0 spiro atoms. The van der Waals surface area contributed by atoms with Crippen LogP contribution >= 0.6 is 11.3 Å². The topological polar surface area (TPSA) is 89.6 Å². The molecule has 0 bridgehead atoms. The predicted molar refractivity (Wildman–Crippen MR) is 113 cm³/mol. The van der Waals surface area contributed by atoms with E-state index in [1.807, 2.05) is 31.2 Å². The summed E-state index contributed by atoms with van der Waals surface area (Å²) < 4.78 is 10.4. The molecular formula is C21H21N3O4S. The van der Waals surface area contributed by atoms with Gasteiger partial charge in [-0.05, 0) is 30.7 Å². The summed E-state index contributed by atoms with van der Waals surface area (Å²) in [5.41, 5.74) is 2.73. The Kier molecular flexibility index (Phi) is 6.46. The van der Waals surface area contributed by atoms with Gasteiger partial charge < -0.3 is 14.8 Å². The molecule has 0 aliphatic rings. The van der Waals surface area contributed by atoms with Crippen molar-refractivity contribution in [3.63, 3.8) is 0 Å². The minimum atomic E-state index is -0.340. The Balaban J connectivity index is 1.63. The molecule has 2 amide bonds. The van der Waals surface area contributed by atoms with Crippen LogP contribution in [-0.2, 0) is 11.2 Å². The molecule has 0 fully saturated rings. The number of thiazole rings is 1. The van der Waals surface area contributed by atoms with Crippen molar-refractivity contribution < 1.29 is 19.1 Å². The minimum Gasteiger partial charge on any atom is -0.497 e. The Morgan fingerprint density at radius 1 is 1.03 bits per heavy atom. The second-order valence-electron chi connectivity index (χ2n) is 6.24. The number of aryl methyl sites for hydroxylation is 1. The Labute approximate surface area is 172 Å². The van der Waals surface area contributed by atoms with Gasteiger partial charge >= 0.3 is 0 Å². The van der Waals surface area contributed by atoms with Crippen LogP contribution in [0.15, 0.2) is 47.8 Å². The number of ether oxygens (including phenoxy) is 2. The molecule has 0 unspecified atom stereocenters. The van der Waals surface area contributed by atoms with Crippen LogP contribution in [0, 0.1) is 6.92 Å². The maximum absolute atomic E-state index is 12.5. The second-order valence-corrected chi connectivity index (χ2v) is 7.10.